The van der Waals surface area contributed by atoms with Crippen molar-refractivity contribution in [1.82, 2.24) is 4.90 Å². The van der Waals surface area contributed by atoms with E-state index in [1.807, 2.05) is 0 Å². The number of benzene rings is 1. The van der Waals surface area contributed by atoms with Gasteiger partial charge in [-0.25, -0.2) is 4.79 Å². The molecular weight excluding hydrogens is 246 g/mol. The van der Waals surface area contributed by atoms with E-state index in [0.29, 0.717) is 0 Å². The summed E-state index contributed by atoms with van der Waals surface area (Å²) >= 11 is 5.89. The summed E-state index contributed by atoms with van der Waals surface area (Å²) in [5.41, 5.74) is -1.83. The van der Waals surface area contributed by atoms with E-state index >= 15 is 0 Å². The molecule has 0 aliphatic carbocycles. The number of esters is 1. The van der Waals surface area contributed by atoms with Crippen LogP contribution in [0.4, 0.5) is 0 Å². The number of ether oxygens (including phenoxy) is 1. The molecule has 2 rings (SSSR count). The van der Waals surface area contributed by atoms with Crippen LogP contribution < -0.4 is 0 Å². The minimum Gasteiger partial charge on any atom is -0.465 e. The van der Waals surface area contributed by atoms with Gasteiger partial charge in [-0.3, -0.25) is 9.69 Å². The minimum atomic E-state index is -2.11. The van der Waals surface area contributed by atoms with Gasteiger partial charge in [-0.2, -0.15) is 0 Å². The van der Waals surface area contributed by atoms with Gasteiger partial charge in [0, 0.05) is 12.6 Å². The van der Waals surface area contributed by atoms with E-state index < -0.39 is 17.6 Å². The molecule has 0 radical (unpaired) electrons. The van der Waals surface area contributed by atoms with E-state index in [1.165, 1.54) is 19.2 Å². The van der Waals surface area contributed by atoms with Gasteiger partial charge in [-0.1, -0.05) is 23.7 Å². The Morgan fingerprint density at radius 2 is 2.18 bits per heavy atom. The van der Waals surface area contributed by atoms with Crippen LogP contribution in [0, 0.1) is 0 Å². The lowest BCUT2D eigenvalue weighted by Gasteiger charge is -2.27. The fraction of sp³-hybridized carbons (Fsp3) is 0.273. The molecule has 1 amide bonds. The monoisotopic (exact) mass is 255 g/mol. The van der Waals surface area contributed by atoms with Crippen LogP contribution in [0.25, 0.3) is 0 Å². The van der Waals surface area contributed by atoms with Crippen LogP contribution in [-0.4, -0.2) is 36.0 Å². The number of methoxy groups -OCH3 is 1. The topological polar surface area (TPSA) is 66.8 Å². The molecule has 0 aromatic heterocycles. The maximum Gasteiger partial charge on any atom is 0.364 e. The highest BCUT2D eigenvalue weighted by Gasteiger charge is 2.54. The number of amides is 1. The summed E-state index contributed by atoms with van der Waals surface area (Å²) in [7, 11) is 2.46. The van der Waals surface area contributed by atoms with E-state index in [0.717, 1.165) is 12.0 Å². The summed E-state index contributed by atoms with van der Waals surface area (Å²) in [6, 6.07) is 4.55. The number of hydrogen-bond acceptors (Lipinski definition) is 4. The van der Waals surface area contributed by atoms with Crippen LogP contribution in [0.1, 0.15) is 15.9 Å². The van der Waals surface area contributed by atoms with E-state index in [1.54, 1.807) is 6.07 Å². The Kier molecular flexibility index (Phi) is 2.60. The maximum absolute atomic E-state index is 11.9. The van der Waals surface area contributed by atoms with Gasteiger partial charge < -0.3 is 9.84 Å². The third-order valence-corrected chi connectivity index (χ3v) is 3.18. The number of nitrogens with zero attached hydrogens (tertiary/aromatic N) is 1. The number of hydrogen-bond donors (Lipinski definition) is 1. The van der Waals surface area contributed by atoms with Gasteiger partial charge in [-0.05, 0) is 6.07 Å². The number of carbonyl (C=O) groups is 2. The molecule has 17 heavy (non-hydrogen) atoms. The van der Waals surface area contributed by atoms with Crippen molar-refractivity contribution in [2.45, 2.75) is 5.72 Å². The fourth-order valence-electron chi connectivity index (χ4n) is 1.92. The van der Waals surface area contributed by atoms with Gasteiger partial charge in [0.25, 0.3) is 11.6 Å². The van der Waals surface area contributed by atoms with E-state index in [2.05, 4.69) is 4.74 Å². The zero-order valence-corrected chi connectivity index (χ0v) is 9.99. The Balaban J connectivity index is 2.72. The summed E-state index contributed by atoms with van der Waals surface area (Å²) in [6.07, 6.45) is 0. The standard InChI is InChI=1S/C11H10ClNO4/c1-13-9(14)8-6(4-3-5-7(8)12)11(13,16)10(15)17-2/h3-5,16H,1-2H3. The van der Waals surface area contributed by atoms with E-state index in [9.17, 15) is 14.7 Å². The first-order chi connectivity index (χ1) is 7.94. The van der Waals surface area contributed by atoms with Gasteiger partial charge in [0.15, 0.2) is 0 Å². The van der Waals surface area contributed by atoms with Gasteiger partial charge in [-0.15, -0.1) is 0 Å². The number of aliphatic hydroxyl groups is 1. The first-order valence-electron chi connectivity index (χ1n) is 4.82. The molecule has 0 saturated heterocycles. The smallest absolute Gasteiger partial charge is 0.364 e. The molecule has 6 heteroatoms. The second-order valence-corrected chi connectivity index (χ2v) is 4.10. The highest BCUT2D eigenvalue weighted by Crippen LogP contribution is 2.39. The second kappa shape index (κ2) is 3.72. The van der Waals surface area contributed by atoms with Crippen molar-refractivity contribution in [2.75, 3.05) is 14.2 Å². The molecule has 0 bridgehead atoms. The molecule has 90 valence electrons. The Morgan fingerprint density at radius 1 is 1.53 bits per heavy atom. The first-order valence-corrected chi connectivity index (χ1v) is 5.20. The van der Waals surface area contributed by atoms with Gasteiger partial charge in [0.05, 0.1) is 17.7 Å². The number of rotatable bonds is 1. The van der Waals surface area contributed by atoms with Crippen molar-refractivity contribution in [3.05, 3.63) is 34.3 Å². The lowest BCUT2D eigenvalue weighted by atomic mass is 10.0. The summed E-state index contributed by atoms with van der Waals surface area (Å²) in [4.78, 5) is 24.5. The SMILES string of the molecule is COC(=O)C1(O)c2cccc(Cl)c2C(=O)N1C. The van der Waals surface area contributed by atoms with Crippen LogP contribution in [-0.2, 0) is 15.3 Å². The zero-order chi connectivity index (χ0) is 12.8. The highest BCUT2D eigenvalue weighted by molar-refractivity contribution is 6.34. The number of carbonyl (C=O) groups excluding carboxylic acids is 2. The lowest BCUT2D eigenvalue weighted by molar-refractivity contribution is -0.178. The van der Waals surface area contributed by atoms with Crippen LogP contribution in [0.15, 0.2) is 18.2 Å². The third-order valence-electron chi connectivity index (χ3n) is 2.86. The maximum atomic E-state index is 11.9. The van der Waals surface area contributed by atoms with Crippen molar-refractivity contribution >= 4 is 23.5 Å². The Labute approximate surface area is 103 Å². The minimum absolute atomic E-state index is 0.129. The van der Waals surface area contributed by atoms with Crippen LogP contribution in [0.3, 0.4) is 0 Å². The summed E-state index contributed by atoms with van der Waals surface area (Å²) in [5, 5.41) is 10.5. The van der Waals surface area contributed by atoms with Crippen molar-refractivity contribution in [3.63, 3.8) is 0 Å². The first kappa shape index (κ1) is 11.9. The van der Waals surface area contributed by atoms with Gasteiger partial charge >= 0.3 is 5.97 Å². The van der Waals surface area contributed by atoms with Crippen LogP contribution in [0.5, 0.6) is 0 Å². The average molecular weight is 256 g/mol. The molecule has 0 saturated carbocycles. The Hall–Kier alpha value is -1.59. The number of likely N-dealkylation sites (N-methyl/N-ethyl adjacent to an activating group) is 1. The molecular formula is C11H10ClNO4. The molecule has 1 N–H and O–H groups in total. The molecule has 1 heterocycles. The van der Waals surface area contributed by atoms with Crippen molar-refractivity contribution in [2.24, 2.45) is 0 Å². The van der Waals surface area contributed by atoms with Crippen LogP contribution in [0.2, 0.25) is 5.02 Å². The van der Waals surface area contributed by atoms with E-state index in [-0.39, 0.29) is 16.1 Å². The molecule has 1 aromatic rings. The summed E-state index contributed by atoms with van der Waals surface area (Å²) < 4.78 is 4.53. The largest absolute Gasteiger partial charge is 0.465 e. The lowest BCUT2D eigenvalue weighted by Crippen LogP contribution is -2.48. The molecule has 5 nitrogen and oxygen atoms in total. The fourth-order valence-corrected chi connectivity index (χ4v) is 2.17. The summed E-state index contributed by atoms with van der Waals surface area (Å²) in [5.74, 6) is -1.44. The molecule has 1 aromatic carbocycles. The molecule has 0 spiro atoms. The molecule has 1 unspecified atom stereocenters. The molecule has 1 aliphatic heterocycles. The Bertz CT molecular complexity index is 516. The van der Waals surface area contributed by atoms with Gasteiger partial charge in [0.2, 0.25) is 0 Å². The zero-order valence-electron chi connectivity index (χ0n) is 9.23. The quantitative estimate of drug-likeness (QED) is 0.752. The molecule has 0 fully saturated rings. The van der Waals surface area contributed by atoms with Crippen molar-refractivity contribution < 1.29 is 19.4 Å². The summed E-state index contributed by atoms with van der Waals surface area (Å²) in [6.45, 7) is 0. The number of halogens is 1. The number of fused-ring (bicyclic) bond motifs is 1. The molecule has 1 atom stereocenters. The normalized spacial score (nSPS) is 22.6. The predicted molar refractivity (Wildman–Crippen MR) is 59.5 cm³/mol. The van der Waals surface area contributed by atoms with Crippen molar-refractivity contribution in [1.29, 1.82) is 0 Å². The average Bonchev–Trinajstić information content (AvgIpc) is 2.53. The van der Waals surface area contributed by atoms with Crippen molar-refractivity contribution in [3.8, 4) is 0 Å². The third kappa shape index (κ3) is 1.36. The predicted octanol–water partition coefficient (Wildman–Crippen LogP) is 0.744. The van der Waals surface area contributed by atoms with Gasteiger partial charge in [0.1, 0.15) is 0 Å². The van der Waals surface area contributed by atoms with E-state index in [4.69, 9.17) is 11.6 Å². The van der Waals surface area contributed by atoms with Crippen LogP contribution >= 0.6 is 11.6 Å². The second-order valence-electron chi connectivity index (χ2n) is 3.69. The Morgan fingerprint density at radius 3 is 2.76 bits per heavy atom. The molecule has 1 aliphatic rings. The highest BCUT2D eigenvalue weighted by atomic mass is 35.5.